The maximum atomic E-state index is 12.1. The van der Waals surface area contributed by atoms with E-state index in [4.69, 9.17) is 11.6 Å². The molecule has 0 aliphatic rings. The van der Waals surface area contributed by atoms with E-state index in [1.54, 1.807) is 0 Å². The van der Waals surface area contributed by atoms with E-state index in [1.165, 1.54) is 34.5 Å². The summed E-state index contributed by atoms with van der Waals surface area (Å²) in [5.74, 6) is -0.350. The third kappa shape index (κ3) is 4.37. The molecule has 50 valence electrons. The third-order valence-corrected chi connectivity index (χ3v) is 0.936. The molecule has 0 aliphatic heterocycles. The quantitative estimate of drug-likeness (QED) is 0.504. The zero-order valence-corrected chi connectivity index (χ0v) is 10.4. The summed E-state index contributed by atoms with van der Waals surface area (Å²) in [6.45, 7) is 0. The zero-order valence-electron chi connectivity index (χ0n) is 5.07. The predicted molar refractivity (Wildman–Crippen MR) is 39.2 cm³/mol. The molecule has 0 saturated heterocycles. The van der Waals surface area contributed by atoms with E-state index >= 15 is 0 Å². The summed E-state index contributed by atoms with van der Waals surface area (Å²) in [5.41, 5.74) is 0. The molecule has 0 nitrogen and oxygen atoms in total. The SMILES string of the molecule is Fc1c[c-]cc(Cl)c1.[Zn+][Br]. The molecule has 4 heteroatoms. The average Bonchev–Trinajstić information content (AvgIpc) is 1.91. The molecule has 0 fully saturated rings. The Balaban J connectivity index is 0.000000371. The second-order valence-electron chi connectivity index (χ2n) is 1.37. The van der Waals surface area contributed by atoms with Gasteiger partial charge in [0.25, 0.3) is 0 Å². The van der Waals surface area contributed by atoms with Gasteiger partial charge in [-0.3, -0.25) is 4.39 Å². The van der Waals surface area contributed by atoms with Crippen LogP contribution in [0.3, 0.4) is 0 Å². The van der Waals surface area contributed by atoms with E-state index in [1.807, 2.05) is 0 Å². The average molecular weight is 275 g/mol. The van der Waals surface area contributed by atoms with E-state index < -0.39 is 0 Å². The molecule has 0 unspecified atom stereocenters. The van der Waals surface area contributed by atoms with Gasteiger partial charge in [0.05, 0.1) is 0 Å². The van der Waals surface area contributed by atoms with E-state index in [0.717, 1.165) is 0 Å². The Labute approximate surface area is 80.8 Å². The van der Waals surface area contributed by atoms with Crippen LogP contribution in [0, 0.1) is 11.9 Å². The van der Waals surface area contributed by atoms with Crippen molar-refractivity contribution in [1.82, 2.24) is 0 Å². The second kappa shape index (κ2) is 6.27. The maximum absolute atomic E-state index is 12.1. The van der Waals surface area contributed by atoms with Crippen molar-refractivity contribution in [2.45, 2.75) is 0 Å². The van der Waals surface area contributed by atoms with Crippen molar-refractivity contribution < 1.29 is 20.7 Å². The molecule has 10 heavy (non-hydrogen) atoms. The first-order valence-electron chi connectivity index (χ1n) is 2.38. The second-order valence-corrected chi connectivity index (χ2v) is 1.81. The van der Waals surface area contributed by atoms with Gasteiger partial charge in [0.2, 0.25) is 0 Å². The molecule has 1 rings (SSSR count). The minimum atomic E-state index is -0.350. The van der Waals surface area contributed by atoms with Gasteiger partial charge in [-0.05, 0) is 0 Å². The fourth-order valence-electron chi connectivity index (χ4n) is 0.416. The fourth-order valence-corrected chi connectivity index (χ4v) is 0.583. The van der Waals surface area contributed by atoms with Gasteiger partial charge in [0.1, 0.15) is 0 Å². The molecular formula is C6H3BrClFZn. The molecule has 0 radical (unpaired) electrons. The van der Waals surface area contributed by atoms with Crippen LogP contribution in [0.4, 0.5) is 4.39 Å². The third-order valence-electron chi connectivity index (χ3n) is 0.718. The van der Waals surface area contributed by atoms with E-state index in [0.29, 0.717) is 5.02 Å². The van der Waals surface area contributed by atoms with Crippen LogP contribution >= 0.6 is 25.2 Å². The Hall–Kier alpha value is 0.543. The van der Waals surface area contributed by atoms with Crippen molar-refractivity contribution in [2.75, 3.05) is 0 Å². The van der Waals surface area contributed by atoms with Crippen molar-refractivity contribution >= 4 is 25.2 Å². The van der Waals surface area contributed by atoms with Crippen LogP contribution in [0.15, 0.2) is 18.2 Å². The van der Waals surface area contributed by atoms with Gasteiger partial charge in [-0.15, -0.1) is 12.1 Å². The fraction of sp³-hybridized carbons (Fsp3) is 0. The molecule has 0 aromatic heterocycles. The topological polar surface area (TPSA) is 0 Å². The van der Waals surface area contributed by atoms with E-state index in [2.05, 4.69) is 19.7 Å². The first-order valence-corrected chi connectivity index (χ1v) is 9.70. The Morgan fingerprint density at radius 1 is 1.50 bits per heavy atom. The van der Waals surface area contributed by atoms with Crippen molar-refractivity contribution in [1.29, 1.82) is 0 Å². The van der Waals surface area contributed by atoms with Gasteiger partial charge in [0, 0.05) is 5.82 Å². The standard InChI is InChI=1S/C6H3ClF.BrH.Zn/c7-5-2-1-3-6(8)4-5;;/h2-4H;1H;/q-1;;+2/p-1. The van der Waals surface area contributed by atoms with Crippen molar-refractivity contribution in [3.05, 3.63) is 35.1 Å². The number of halogens is 3. The molecule has 0 atom stereocenters. The van der Waals surface area contributed by atoms with Crippen molar-refractivity contribution in [3.63, 3.8) is 0 Å². The van der Waals surface area contributed by atoms with Gasteiger partial charge < -0.3 is 0 Å². The number of hydrogen-bond acceptors (Lipinski definition) is 0. The van der Waals surface area contributed by atoms with Gasteiger partial charge in [-0.1, -0.05) is 5.02 Å². The Morgan fingerprint density at radius 3 is 2.40 bits per heavy atom. The van der Waals surface area contributed by atoms with Gasteiger partial charge in [0.15, 0.2) is 0 Å². The van der Waals surface area contributed by atoms with Crippen LogP contribution < -0.4 is 0 Å². The zero-order chi connectivity index (χ0) is 7.98. The molecule has 0 spiro atoms. The molecule has 0 saturated carbocycles. The predicted octanol–water partition coefficient (Wildman–Crippen LogP) is 3.12. The number of hydrogen-bond donors (Lipinski definition) is 0. The molecule has 0 heterocycles. The van der Waals surface area contributed by atoms with Gasteiger partial charge >= 0.3 is 30.0 Å². The number of rotatable bonds is 0. The first kappa shape index (κ1) is 10.5. The molecule has 1 aromatic carbocycles. The summed E-state index contributed by atoms with van der Waals surface area (Å²) in [4.78, 5) is 0. The minimum absolute atomic E-state index is 0.350. The van der Waals surface area contributed by atoms with Crippen LogP contribution in [-0.4, -0.2) is 0 Å². The van der Waals surface area contributed by atoms with E-state index in [9.17, 15) is 4.39 Å². The monoisotopic (exact) mass is 272 g/mol. The first-order chi connectivity index (χ1) is 4.79. The van der Waals surface area contributed by atoms with Crippen LogP contribution in [0.25, 0.3) is 0 Å². The molecule has 1 aromatic rings. The summed E-state index contributed by atoms with van der Waals surface area (Å²) in [6.07, 6.45) is 0. The van der Waals surface area contributed by atoms with Gasteiger partial charge in [-0.2, -0.15) is 23.7 Å². The summed E-state index contributed by atoms with van der Waals surface area (Å²) in [7, 11) is 0. The van der Waals surface area contributed by atoms with Crippen LogP contribution in [0.1, 0.15) is 0 Å². The van der Waals surface area contributed by atoms with Crippen LogP contribution in [-0.2, 0) is 16.3 Å². The van der Waals surface area contributed by atoms with Crippen molar-refractivity contribution in [2.24, 2.45) is 0 Å². The Bertz CT molecular complexity index is 178. The summed E-state index contributed by atoms with van der Waals surface area (Å²) >= 11 is 9.62. The Morgan fingerprint density at radius 2 is 2.10 bits per heavy atom. The summed E-state index contributed by atoms with van der Waals surface area (Å²) in [5, 5.41) is 0.380. The van der Waals surface area contributed by atoms with Gasteiger partial charge in [-0.25, -0.2) is 0 Å². The molecule has 0 N–H and O–H groups in total. The molecule has 0 aliphatic carbocycles. The summed E-state index contributed by atoms with van der Waals surface area (Å²) in [6, 6.07) is 6.49. The van der Waals surface area contributed by atoms with E-state index in [-0.39, 0.29) is 5.82 Å². The number of benzene rings is 1. The Kier molecular flexibility index (Phi) is 6.61. The van der Waals surface area contributed by atoms with Crippen LogP contribution in [0.2, 0.25) is 5.02 Å². The summed E-state index contributed by atoms with van der Waals surface area (Å²) < 4.78 is 12.1. The van der Waals surface area contributed by atoms with Crippen LogP contribution in [0.5, 0.6) is 0 Å². The van der Waals surface area contributed by atoms with Crippen molar-refractivity contribution in [3.8, 4) is 0 Å². The molecular weight excluding hydrogens is 272 g/mol. The molecule has 0 bridgehead atoms. The normalized spacial score (nSPS) is 8.10. The molecule has 0 amide bonds.